The van der Waals surface area contributed by atoms with Crippen LogP contribution in [0.1, 0.15) is 35.6 Å². The Labute approximate surface area is 151 Å². The van der Waals surface area contributed by atoms with Crippen LogP contribution in [0.5, 0.6) is 11.5 Å². The molecule has 26 heavy (non-hydrogen) atoms. The van der Waals surface area contributed by atoms with Crippen molar-refractivity contribution in [1.82, 2.24) is 4.72 Å². The molecule has 0 aromatic heterocycles. The number of nitrogens with one attached hydrogen (secondary N) is 1. The summed E-state index contributed by atoms with van der Waals surface area (Å²) in [6.07, 6.45) is 3.76. The standard InChI is InChI=1S/C18H19NO6S/c20-14-7-13(8-15(21)10-14)17(18(22)23)19-26(24,25)16-6-5-11-3-1-2-4-12(11)9-16/h5-10,17,19-21H,1-4H2,(H,22,23). The molecule has 1 atom stereocenters. The number of hydrogen-bond acceptors (Lipinski definition) is 5. The van der Waals surface area contributed by atoms with Crippen molar-refractivity contribution >= 4 is 16.0 Å². The van der Waals surface area contributed by atoms with Gasteiger partial charge in [-0.05, 0) is 66.6 Å². The van der Waals surface area contributed by atoms with Crippen molar-refractivity contribution in [1.29, 1.82) is 0 Å². The molecule has 0 amide bonds. The molecule has 1 unspecified atom stereocenters. The van der Waals surface area contributed by atoms with Crippen molar-refractivity contribution in [2.75, 3.05) is 0 Å². The van der Waals surface area contributed by atoms with E-state index in [0.717, 1.165) is 55.0 Å². The van der Waals surface area contributed by atoms with Crippen LogP contribution in [0, 0.1) is 0 Å². The van der Waals surface area contributed by atoms with Gasteiger partial charge in [-0.2, -0.15) is 4.72 Å². The van der Waals surface area contributed by atoms with Gasteiger partial charge in [0.05, 0.1) is 4.90 Å². The third kappa shape index (κ3) is 3.81. The van der Waals surface area contributed by atoms with E-state index in [0.29, 0.717) is 0 Å². The van der Waals surface area contributed by atoms with Gasteiger partial charge in [0.1, 0.15) is 17.5 Å². The summed E-state index contributed by atoms with van der Waals surface area (Å²) in [7, 11) is -4.11. The van der Waals surface area contributed by atoms with Crippen LogP contribution >= 0.6 is 0 Å². The number of sulfonamides is 1. The maximum atomic E-state index is 12.7. The first-order valence-corrected chi connectivity index (χ1v) is 9.64. The predicted octanol–water partition coefficient (Wildman–Crippen LogP) is 2.08. The fraction of sp³-hybridized carbons (Fsp3) is 0.278. The van der Waals surface area contributed by atoms with E-state index in [9.17, 15) is 28.5 Å². The summed E-state index contributed by atoms with van der Waals surface area (Å²) < 4.78 is 27.5. The van der Waals surface area contributed by atoms with Crippen LogP contribution in [0.3, 0.4) is 0 Å². The Morgan fingerprint density at radius 2 is 1.58 bits per heavy atom. The highest BCUT2D eigenvalue weighted by Gasteiger charge is 2.28. The Kier molecular flexibility index (Phi) is 4.88. The molecule has 8 heteroatoms. The van der Waals surface area contributed by atoms with E-state index in [1.54, 1.807) is 12.1 Å². The molecule has 138 valence electrons. The Morgan fingerprint density at radius 1 is 0.962 bits per heavy atom. The third-order valence-electron chi connectivity index (χ3n) is 4.41. The van der Waals surface area contributed by atoms with Crippen LogP contribution in [0.25, 0.3) is 0 Å². The van der Waals surface area contributed by atoms with Gasteiger partial charge in [0.25, 0.3) is 0 Å². The molecular weight excluding hydrogens is 358 g/mol. The molecule has 1 aliphatic carbocycles. The van der Waals surface area contributed by atoms with E-state index in [1.807, 2.05) is 0 Å². The molecule has 4 N–H and O–H groups in total. The van der Waals surface area contributed by atoms with Crippen LogP contribution in [0.4, 0.5) is 0 Å². The summed E-state index contributed by atoms with van der Waals surface area (Å²) >= 11 is 0. The van der Waals surface area contributed by atoms with Crippen LogP contribution in [-0.2, 0) is 27.7 Å². The largest absolute Gasteiger partial charge is 0.508 e. The molecule has 3 rings (SSSR count). The van der Waals surface area contributed by atoms with Gasteiger partial charge in [-0.3, -0.25) is 4.79 Å². The van der Waals surface area contributed by atoms with Gasteiger partial charge in [0.2, 0.25) is 10.0 Å². The van der Waals surface area contributed by atoms with E-state index < -0.39 is 22.0 Å². The molecular formula is C18H19NO6S. The van der Waals surface area contributed by atoms with Gasteiger partial charge < -0.3 is 15.3 Å². The second kappa shape index (κ2) is 6.97. The first kappa shape index (κ1) is 18.2. The zero-order chi connectivity index (χ0) is 18.9. The topological polar surface area (TPSA) is 124 Å². The zero-order valence-corrected chi connectivity index (χ0v) is 14.7. The summed E-state index contributed by atoms with van der Waals surface area (Å²) in [6.45, 7) is 0. The molecule has 0 saturated carbocycles. The number of benzene rings is 2. The quantitative estimate of drug-likeness (QED) is 0.632. The molecule has 0 bridgehead atoms. The smallest absolute Gasteiger partial charge is 0.326 e. The summed E-state index contributed by atoms with van der Waals surface area (Å²) in [4.78, 5) is 11.6. The van der Waals surface area contributed by atoms with Crippen LogP contribution in [0.15, 0.2) is 41.3 Å². The number of hydrogen-bond donors (Lipinski definition) is 4. The van der Waals surface area contributed by atoms with Gasteiger partial charge in [0, 0.05) is 6.07 Å². The van der Waals surface area contributed by atoms with Crippen molar-refractivity contribution in [3.63, 3.8) is 0 Å². The van der Waals surface area contributed by atoms with E-state index >= 15 is 0 Å². The SMILES string of the molecule is O=C(O)C(NS(=O)(=O)c1ccc2c(c1)CCCC2)c1cc(O)cc(O)c1. The molecule has 2 aromatic carbocycles. The summed E-state index contributed by atoms with van der Waals surface area (Å²) in [6, 6.07) is 6.37. The van der Waals surface area contributed by atoms with Gasteiger partial charge >= 0.3 is 5.97 Å². The number of phenolic OH excluding ortho intramolecular Hbond substituents is 2. The Bertz CT molecular complexity index is 934. The van der Waals surface area contributed by atoms with E-state index in [4.69, 9.17) is 0 Å². The fourth-order valence-electron chi connectivity index (χ4n) is 3.15. The minimum atomic E-state index is -4.11. The monoisotopic (exact) mass is 377 g/mol. The van der Waals surface area contributed by atoms with Crippen LogP contribution < -0.4 is 4.72 Å². The van der Waals surface area contributed by atoms with E-state index in [2.05, 4.69) is 4.72 Å². The second-order valence-electron chi connectivity index (χ2n) is 6.31. The third-order valence-corrected chi connectivity index (χ3v) is 5.83. The lowest BCUT2D eigenvalue weighted by atomic mass is 9.92. The number of fused-ring (bicyclic) bond motifs is 1. The van der Waals surface area contributed by atoms with Crippen LogP contribution in [-0.4, -0.2) is 29.7 Å². The van der Waals surface area contributed by atoms with Crippen molar-refractivity contribution < 1.29 is 28.5 Å². The summed E-state index contributed by atoms with van der Waals surface area (Å²) in [5.74, 6) is -2.17. The minimum Gasteiger partial charge on any atom is -0.508 e. The number of aromatic hydroxyl groups is 2. The molecule has 0 saturated heterocycles. The number of phenols is 2. The highest BCUT2D eigenvalue weighted by molar-refractivity contribution is 7.89. The predicted molar refractivity (Wildman–Crippen MR) is 93.6 cm³/mol. The molecule has 2 aromatic rings. The first-order chi connectivity index (χ1) is 12.3. The lowest BCUT2D eigenvalue weighted by Crippen LogP contribution is -2.33. The Balaban J connectivity index is 1.94. The van der Waals surface area contributed by atoms with Gasteiger partial charge in [-0.1, -0.05) is 6.07 Å². The van der Waals surface area contributed by atoms with Gasteiger partial charge in [-0.15, -0.1) is 0 Å². The van der Waals surface area contributed by atoms with E-state index in [1.165, 1.54) is 6.07 Å². The molecule has 1 aliphatic rings. The Morgan fingerprint density at radius 3 is 2.19 bits per heavy atom. The first-order valence-electron chi connectivity index (χ1n) is 8.16. The summed E-state index contributed by atoms with van der Waals surface area (Å²) in [5.41, 5.74) is 2.00. The normalized spacial score (nSPS) is 15.2. The summed E-state index contributed by atoms with van der Waals surface area (Å²) in [5, 5.41) is 28.5. The van der Waals surface area contributed by atoms with Gasteiger partial charge in [0.15, 0.2) is 0 Å². The molecule has 0 spiro atoms. The minimum absolute atomic E-state index is 0.00576. The maximum Gasteiger partial charge on any atom is 0.326 e. The fourth-order valence-corrected chi connectivity index (χ4v) is 4.37. The highest BCUT2D eigenvalue weighted by atomic mass is 32.2. The number of carboxylic acid groups (broad SMARTS) is 1. The van der Waals surface area contributed by atoms with E-state index in [-0.39, 0.29) is 22.0 Å². The van der Waals surface area contributed by atoms with Crippen molar-refractivity contribution in [2.45, 2.75) is 36.6 Å². The molecule has 0 fully saturated rings. The number of aliphatic carboxylic acids is 1. The average molecular weight is 377 g/mol. The van der Waals surface area contributed by atoms with Crippen LogP contribution in [0.2, 0.25) is 0 Å². The molecule has 0 aliphatic heterocycles. The molecule has 7 nitrogen and oxygen atoms in total. The molecule has 0 heterocycles. The number of carboxylic acids is 1. The number of rotatable bonds is 5. The number of aryl methyl sites for hydroxylation is 2. The van der Waals surface area contributed by atoms with Crippen molar-refractivity contribution in [3.05, 3.63) is 53.1 Å². The molecule has 0 radical (unpaired) electrons. The average Bonchev–Trinajstić information content (AvgIpc) is 2.58. The zero-order valence-electron chi connectivity index (χ0n) is 13.8. The second-order valence-corrected chi connectivity index (χ2v) is 8.03. The number of carbonyl (C=O) groups is 1. The lowest BCUT2D eigenvalue weighted by Gasteiger charge is -2.19. The lowest BCUT2D eigenvalue weighted by molar-refractivity contribution is -0.139. The highest BCUT2D eigenvalue weighted by Crippen LogP contribution is 2.28. The van der Waals surface area contributed by atoms with Gasteiger partial charge in [-0.25, -0.2) is 8.42 Å². The Hall–Kier alpha value is -2.58. The van der Waals surface area contributed by atoms with Crippen molar-refractivity contribution in [2.24, 2.45) is 0 Å². The van der Waals surface area contributed by atoms with Crippen molar-refractivity contribution in [3.8, 4) is 11.5 Å². The maximum absolute atomic E-state index is 12.7.